The van der Waals surface area contributed by atoms with Gasteiger partial charge in [0.2, 0.25) is 0 Å². The number of benzene rings is 1. The van der Waals surface area contributed by atoms with Gasteiger partial charge in [-0.1, -0.05) is 18.2 Å². The highest BCUT2D eigenvalue weighted by Crippen LogP contribution is 2.34. The zero-order valence-corrected chi connectivity index (χ0v) is 9.25. The lowest BCUT2D eigenvalue weighted by atomic mass is 9.83. The van der Waals surface area contributed by atoms with Gasteiger partial charge in [-0.05, 0) is 48.4 Å². The van der Waals surface area contributed by atoms with Gasteiger partial charge in [-0.15, -0.1) is 0 Å². The number of fused-ring (bicyclic) bond motifs is 1. The average molecular weight is 208 g/mol. The van der Waals surface area contributed by atoms with Gasteiger partial charge in [0.15, 0.2) is 0 Å². The van der Waals surface area contributed by atoms with Crippen molar-refractivity contribution in [2.75, 3.05) is 0 Å². The fourth-order valence-corrected chi connectivity index (χ4v) is 2.31. The van der Waals surface area contributed by atoms with Crippen molar-refractivity contribution in [2.24, 2.45) is 0 Å². The van der Waals surface area contributed by atoms with Crippen LogP contribution >= 0.6 is 0 Å². The minimum absolute atomic E-state index is 0.270. The molecule has 0 heterocycles. The Morgan fingerprint density at radius 3 is 2.62 bits per heavy atom. The zero-order valence-electron chi connectivity index (χ0n) is 9.25. The van der Waals surface area contributed by atoms with Crippen LogP contribution in [-0.4, -0.2) is 0 Å². The third-order valence-corrected chi connectivity index (χ3v) is 3.11. The minimum Gasteiger partial charge on any atom is -0.192 e. The van der Waals surface area contributed by atoms with Gasteiger partial charge in [0.05, 0.1) is 0 Å². The quantitative estimate of drug-likeness (QED) is 0.615. The normalized spacial score (nSPS) is 13.6. The summed E-state index contributed by atoms with van der Waals surface area (Å²) < 4.78 is 0. The summed E-state index contributed by atoms with van der Waals surface area (Å²) in [7, 11) is 0. The molecule has 1 aromatic rings. The predicted octanol–water partition coefficient (Wildman–Crippen LogP) is 3.13. The molecule has 1 aliphatic carbocycles. The summed E-state index contributed by atoms with van der Waals surface area (Å²) in [6.45, 7) is 2.08. The third-order valence-electron chi connectivity index (χ3n) is 3.11. The average Bonchev–Trinajstić information content (AvgIpc) is 2.32. The second-order valence-electron chi connectivity index (χ2n) is 4.03. The smallest absolute Gasteiger partial charge is 0.133 e. The SMILES string of the molecule is Cc1cccc2c1CCCC2=C(C#N)C#N. The van der Waals surface area contributed by atoms with Crippen LogP contribution in [0.3, 0.4) is 0 Å². The Hall–Kier alpha value is -2.06. The van der Waals surface area contributed by atoms with E-state index in [9.17, 15) is 0 Å². The first-order valence-corrected chi connectivity index (χ1v) is 5.40. The molecule has 2 heteroatoms. The summed E-state index contributed by atoms with van der Waals surface area (Å²) >= 11 is 0. The lowest BCUT2D eigenvalue weighted by Gasteiger charge is -2.20. The standard InChI is InChI=1S/C14H12N2/c1-10-4-2-7-14-12(10)5-3-6-13(14)11(8-15)9-16/h2,4,7H,3,5-6H2,1H3. The van der Waals surface area contributed by atoms with E-state index in [0.29, 0.717) is 0 Å². The van der Waals surface area contributed by atoms with E-state index in [1.807, 2.05) is 24.3 Å². The number of hydrogen-bond acceptors (Lipinski definition) is 2. The number of aryl methyl sites for hydroxylation is 1. The number of allylic oxidation sites excluding steroid dienone is 2. The van der Waals surface area contributed by atoms with Gasteiger partial charge in [0.1, 0.15) is 17.7 Å². The largest absolute Gasteiger partial charge is 0.192 e. The summed E-state index contributed by atoms with van der Waals surface area (Å²) in [6.07, 6.45) is 2.92. The maximum Gasteiger partial charge on any atom is 0.133 e. The van der Waals surface area contributed by atoms with Crippen molar-refractivity contribution in [2.45, 2.75) is 26.2 Å². The first-order chi connectivity index (χ1) is 7.77. The van der Waals surface area contributed by atoms with E-state index >= 15 is 0 Å². The van der Waals surface area contributed by atoms with Crippen molar-refractivity contribution in [1.82, 2.24) is 0 Å². The van der Waals surface area contributed by atoms with Crippen LogP contribution in [0.5, 0.6) is 0 Å². The minimum atomic E-state index is 0.270. The molecule has 16 heavy (non-hydrogen) atoms. The van der Waals surface area contributed by atoms with Crippen molar-refractivity contribution in [3.8, 4) is 12.1 Å². The fraction of sp³-hybridized carbons (Fsp3) is 0.286. The molecule has 0 spiro atoms. The fourth-order valence-electron chi connectivity index (χ4n) is 2.31. The van der Waals surface area contributed by atoms with Gasteiger partial charge >= 0.3 is 0 Å². The molecule has 2 nitrogen and oxygen atoms in total. The molecule has 0 saturated heterocycles. The number of nitriles is 2. The number of hydrogen-bond donors (Lipinski definition) is 0. The maximum atomic E-state index is 8.94. The molecule has 1 aliphatic rings. The number of nitrogens with zero attached hydrogens (tertiary/aromatic N) is 2. The topological polar surface area (TPSA) is 47.6 Å². The maximum absolute atomic E-state index is 8.94. The van der Waals surface area contributed by atoms with Crippen LogP contribution in [0.2, 0.25) is 0 Å². The Morgan fingerprint density at radius 1 is 1.19 bits per heavy atom. The highest BCUT2D eigenvalue weighted by molar-refractivity contribution is 5.78. The zero-order chi connectivity index (χ0) is 11.5. The highest BCUT2D eigenvalue weighted by atomic mass is 14.3. The Balaban J connectivity index is 2.68. The highest BCUT2D eigenvalue weighted by Gasteiger charge is 2.18. The first-order valence-electron chi connectivity index (χ1n) is 5.40. The molecule has 0 unspecified atom stereocenters. The molecule has 0 N–H and O–H groups in total. The van der Waals surface area contributed by atoms with Crippen LogP contribution in [0.1, 0.15) is 29.5 Å². The molecule has 0 aromatic heterocycles. The summed E-state index contributed by atoms with van der Waals surface area (Å²) in [5, 5.41) is 17.9. The van der Waals surface area contributed by atoms with Crippen LogP contribution in [-0.2, 0) is 6.42 Å². The summed E-state index contributed by atoms with van der Waals surface area (Å²) in [4.78, 5) is 0. The van der Waals surface area contributed by atoms with E-state index in [0.717, 1.165) is 30.4 Å². The Morgan fingerprint density at radius 2 is 1.94 bits per heavy atom. The van der Waals surface area contributed by atoms with E-state index in [4.69, 9.17) is 10.5 Å². The number of rotatable bonds is 0. The first kappa shape index (κ1) is 10.5. The van der Waals surface area contributed by atoms with Gasteiger partial charge in [-0.25, -0.2) is 0 Å². The van der Waals surface area contributed by atoms with E-state index in [-0.39, 0.29) is 5.57 Å². The monoisotopic (exact) mass is 208 g/mol. The van der Waals surface area contributed by atoms with E-state index < -0.39 is 0 Å². The second kappa shape index (κ2) is 4.21. The van der Waals surface area contributed by atoms with Crippen LogP contribution in [0, 0.1) is 29.6 Å². The van der Waals surface area contributed by atoms with Crippen molar-refractivity contribution in [3.05, 3.63) is 40.5 Å². The van der Waals surface area contributed by atoms with Crippen LogP contribution in [0.15, 0.2) is 23.8 Å². The van der Waals surface area contributed by atoms with E-state index in [1.54, 1.807) is 0 Å². The molecule has 0 aliphatic heterocycles. The van der Waals surface area contributed by atoms with Gasteiger partial charge < -0.3 is 0 Å². The van der Waals surface area contributed by atoms with E-state index in [1.165, 1.54) is 11.1 Å². The molecule has 0 radical (unpaired) electrons. The van der Waals surface area contributed by atoms with Gasteiger partial charge in [-0.3, -0.25) is 0 Å². The molecule has 0 amide bonds. The molecule has 0 bridgehead atoms. The van der Waals surface area contributed by atoms with Crippen molar-refractivity contribution in [1.29, 1.82) is 10.5 Å². The molecule has 0 fully saturated rings. The van der Waals surface area contributed by atoms with Gasteiger partial charge in [0, 0.05) is 0 Å². The molecule has 1 aromatic carbocycles. The van der Waals surface area contributed by atoms with Crippen LogP contribution < -0.4 is 0 Å². The molecular formula is C14H12N2. The molecule has 0 atom stereocenters. The van der Waals surface area contributed by atoms with Crippen molar-refractivity contribution in [3.63, 3.8) is 0 Å². The molecule has 78 valence electrons. The van der Waals surface area contributed by atoms with Crippen molar-refractivity contribution >= 4 is 5.57 Å². The summed E-state index contributed by atoms with van der Waals surface area (Å²) in [6, 6.07) is 10.1. The van der Waals surface area contributed by atoms with Gasteiger partial charge in [0.25, 0.3) is 0 Å². The van der Waals surface area contributed by atoms with Crippen LogP contribution in [0.4, 0.5) is 0 Å². The Kier molecular flexibility index (Phi) is 2.75. The molecule has 0 saturated carbocycles. The van der Waals surface area contributed by atoms with E-state index in [2.05, 4.69) is 13.0 Å². The third kappa shape index (κ3) is 1.59. The lowest BCUT2D eigenvalue weighted by molar-refractivity contribution is 0.814. The van der Waals surface area contributed by atoms with Crippen molar-refractivity contribution < 1.29 is 0 Å². The van der Waals surface area contributed by atoms with Crippen LogP contribution in [0.25, 0.3) is 5.57 Å². The summed E-state index contributed by atoms with van der Waals surface area (Å²) in [5.74, 6) is 0. The second-order valence-corrected chi connectivity index (χ2v) is 4.03. The molecule has 2 rings (SSSR count). The Labute approximate surface area is 95.4 Å². The summed E-state index contributed by atoms with van der Waals surface area (Å²) in [5.41, 5.74) is 4.85. The predicted molar refractivity (Wildman–Crippen MR) is 62.3 cm³/mol. The lowest BCUT2D eigenvalue weighted by Crippen LogP contribution is -2.05. The Bertz CT molecular complexity index is 523. The van der Waals surface area contributed by atoms with Gasteiger partial charge in [-0.2, -0.15) is 10.5 Å². The molecular weight excluding hydrogens is 196 g/mol.